The molecule has 1 aromatic heterocycles. The van der Waals surface area contributed by atoms with Crippen LogP contribution >= 0.6 is 11.6 Å². The van der Waals surface area contributed by atoms with Crippen LogP contribution in [0.25, 0.3) is 10.9 Å². The van der Waals surface area contributed by atoms with Crippen LogP contribution in [0.15, 0.2) is 18.2 Å². The number of carbonyl (C=O) groups excluding carboxylic acids is 1. The number of benzene rings is 1. The van der Waals surface area contributed by atoms with Crippen LogP contribution in [-0.2, 0) is 16.0 Å². The first kappa shape index (κ1) is 16.2. The molecule has 1 N–H and O–H groups in total. The number of aliphatic carboxylic acids is 1. The van der Waals surface area contributed by atoms with Crippen molar-refractivity contribution < 1.29 is 19.4 Å². The third-order valence-corrected chi connectivity index (χ3v) is 3.54. The van der Waals surface area contributed by atoms with Gasteiger partial charge in [0.15, 0.2) is 0 Å². The lowest BCUT2D eigenvalue weighted by atomic mass is 9.96. The van der Waals surface area contributed by atoms with Gasteiger partial charge in [-0.15, -0.1) is 0 Å². The number of ether oxygens (including phenoxy) is 1. The second-order valence-corrected chi connectivity index (χ2v) is 5.26. The van der Waals surface area contributed by atoms with Crippen molar-refractivity contribution >= 4 is 34.4 Å². The number of carboxylic acid groups (broad SMARTS) is 1. The second kappa shape index (κ2) is 6.75. The predicted octanol–water partition coefficient (Wildman–Crippen LogP) is 3.39. The van der Waals surface area contributed by atoms with Crippen LogP contribution in [0.5, 0.6) is 0 Å². The maximum absolute atomic E-state index is 12.2. The molecule has 0 saturated carbocycles. The van der Waals surface area contributed by atoms with E-state index in [1.807, 2.05) is 0 Å². The lowest BCUT2D eigenvalue weighted by Crippen LogP contribution is -2.13. The van der Waals surface area contributed by atoms with Gasteiger partial charge in [0.1, 0.15) is 0 Å². The van der Waals surface area contributed by atoms with Gasteiger partial charge < -0.3 is 9.84 Å². The quantitative estimate of drug-likeness (QED) is 0.854. The van der Waals surface area contributed by atoms with Crippen molar-refractivity contribution in [2.75, 3.05) is 6.61 Å². The van der Waals surface area contributed by atoms with E-state index < -0.39 is 11.9 Å². The summed E-state index contributed by atoms with van der Waals surface area (Å²) in [6, 6.07) is 5.15. The fraction of sp³-hybridized carbons (Fsp3) is 0.312. The fourth-order valence-corrected chi connectivity index (χ4v) is 2.57. The Labute approximate surface area is 132 Å². The number of carboxylic acids is 1. The molecule has 0 amide bonds. The summed E-state index contributed by atoms with van der Waals surface area (Å²) in [7, 11) is 0. The number of halogens is 1. The molecule has 5 nitrogen and oxygen atoms in total. The van der Waals surface area contributed by atoms with Crippen molar-refractivity contribution in [1.82, 2.24) is 4.98 Å². The SMILES string of the molecule is CCOC(=O)c1c(C)nc2cc(Cl)ccc2c1CCC(=O)O. The van der Waals surface area contributed by atoms with Crippen LogP contribution in [-0.4, -0.2) is 28.6 Å². The van der Waals surface area contributed by atoms with Crippen molar-refractivity contribution in [3.63, 3.8) is 0 Å². The summed E-state index contributed by atoms with van der Waals surface area (Å²) in [5.74, 6) is -1.41. The zero-order valence-electron chi connectivity index (χ0n) is 12.4. The highest BCUT2D eigenvalue weighted by molar-refractivity contribution is 6.31. The molecule has 0 saturated heterocycles. The summed E-state index contributed by atoms with van der Waals surface area (Å²) >= 11 is 5.98. The highest BCUT2D eigenvalue weighted by atomic mass is 35.5. The van der Waals surface area contributed by atoms with Crippen molar-refractivity contribution in [3.05, 3.63) is 40.0 Å². The summed E-state index contributed by atoms with van der Waals surface area (Å²) < 4.78 is 5.08. The number of aromatic nitrogens is 1. The smallest absolute Gasteiger partial charge is 0.340 e. The maximum atomic E-state index is 12.2. The van der Waals surface area contributed by atoms with Crippen molar-refractivity contribution in [2.45, 2.75) is 26.7 Å². The van der Waals surface area contributed by atoms with E-state index in [9.17, 15) is 9.59 Å². The largest absolute Gasteiger partial charge is 0.481 e. The van der Waals surface area contributed by atoms with Crippen LogP contribution < -0.4 is 0 Å². The first-order valence-electron chi connectivity index (χ1n) is 6.91. The normalized spacial score (nSPS) is 10.7. The molecule has 0 bridgehead atoms. The minimum Gasteiger partial charge on any atom is -0.481 e. The standard InChI is InChI=1S/C16H16ClNO4/c1-3-22-16(21)15-9(2)18-13-8-10(17)4-5-11(13)12(15)6-7-14(19)20/h4-5,8H,3,6-7H2,1-2H3,(H,19,20). The molecule has 0 fully saturated rings. The fourth-order valence-electron chi connectivity index (χ4n) is 2.41. The molecule has 0 spiro atoms. The molecule has 6 heteroatoms. The third-order valence-electron chi connectivity index (χ3n) is 3.31. The van der Waals surface area contributed by atoms with Crippen LogP contribution in [0.2, 0.25) is 5.02 Å². The Morgan fingerprint density at radius 3 is 2.73 bits per heavy atom. The number of hydrogen-bond acceptors (Lipinski definition) is 4. The summed E-state index contributed by atoms with van der Waals surface area (Å²) in [6.07, 6.45) is 0.151. The van der Waals surface area contributed by atoms with E-state index in [0.29, 0.717) is 27.4 Å². The number of nitrogens with zero attached hydrogens (tertiary/aromatic N) is 1. The summed E-state index contributed by atoms with van der Waals surface area (Å²) in [5.41, 5.74) is 2.13. The molecule has 116 valence electrons. The monoisotopic (exact) mass is 321 g/mol. The van der Waals surface area contributed by atoms with E-state index in [1.54, 1.807) is 32.0 Å². The van der Waals surface area contributed by atoms with Crippen LogP contribution in [0.4, 0.5) is 0 Å². The van der Waals surface area contributed by atoms with E-state index in [1.165, 1.54) is 0 Å². The van der Waals surface area contributed by atoms with Gasteiger partial charge in [-0.1, -0.05) is 17.7 Å². The summed E-state index contributed by atoms with van der Waals surface area (Å²) in [6.45, 7) is 3.67. The van der Waals surface area contributed by atoms with Crippen LogP contribution in [0, 0.1) is 6.92 Å². The predicted molar refractivity (Wildman–Crippen MR) is 83.4 cm³/mol. The van der Waals surface area contributed by atoms with Gasteiger partial charge >= 0.3 is 11.9 Å². The van der Waals surface area contributed by atoms with E-state index in [4.69, 9.17) is 21.4 Å². The van der Waals surface area contributed by atoms with Crippen LogP contribution in [0.3, 0.4) is 0 Å². The molecule has 22 heavy (non-hydrogen) atoms. The van der Waals surface area contributed by atoms with Gasteiger partial charge in [0.25, 0.3) is 0 Å². The van der Waals surface area contributed by atoms with Gasteiger partial charge in [0.05, 0.1) is 23.4 Å². The molecule has 0 aliphatic heterocycles. The highest BCUT2D eigenvalue weighted by Crippen LogP contribution is 2.27. The highest BCUT2D eigenvalue weighted by Gasteiger charge is 2.20. The number of carbonyl (C=O) groups is 2. The number of hydrogen-bond donors (Lipinski definition) is 1. The molecule has 1 heterocycles. The topological polar surface area (TPSA) is 76.5 Å². The van der Waals surface area contributed by atoms with Gasteiger partial charge in [0.2, 0.25) is 0 Å². The average molecular weight is 322 g/mol. The summed E-state index contributed by atoms with van der Waals surface area (Å²) in [4.78, 5) is 27.5. The van der Waals surface area contributed by atoms with Gasteiger partial charge in [-0.2, -0.15) is 0 Å². The number of rotatable bonds is 5. The summed E-state index contributed by atoms with van der Waals surface area (Å²) in [5, 5.41) is 10.2. The number of aryl methyl sites for hydroxylation is 2. The molecule has 0 aliphatic carbocycles. The number of pyridine rings is 1. The zero-order valence-corrected chi connectivity index (χ0v) is 13.1. The van der Waals surface area contributed by atoms with Gasteiger partial charge in [-0.3, -0.25) is 9.78 Å². The van der Waals surface area contributed by atoms with Crippen molar-refractivity contribution in [3.8, 4) is 0 Å². The first-order chi connectivity index (χ1) is 10.4. The van der Waals surface area contributed by atoms with E-state index in [-0.39, 0.29) is 19.4 Å². The molecule has 0 aliphatic rings. The number of esters is 1. The van der Waals surface area contributed by atoms with E-state index in [2.05, 4.69) is 4.98 Å². The van der Waals surface area contributed by atoms with E-state index >= 15 is 0 Å². The molecule has 0 unspecified atom stereocenters. The third kappa shape index (κ3) is 3.36. The van der Waals surface area contributed by atoms with Gasteiger partial charge in [-0.05, 0) is 38.0 Å². The van der Waals surface area contributed by atoms with Crippen molar-refractivity contribution in [1.29, 1.82) is 0 Å². The first-order valence-corrected chi connectivity index (χ1v) is 7.29. The lowest BCUT2D eigenvalue weighted by molar-refractivity contribution is -0.136. The molecule has 0 radical (unpaired) electrons. The maximum Gasteiger partial charge on any atom is 0.340 e. The van der Waals surface area contributed by atoms with Gasteiger partial charge in [0, 0.05) is 16.8 Å². The lowest BCUT2D eigenvalue weighted by Gasteiger charge is -2.14. The Morgan fingerprint density at radius 1 is 1.36 bits per heavy atom. The molecule has 0 atom stereocenters. The Balaban J connectivity index is 2.67. The second-order valence-electron chi connectivity index (χ2n) is 4.83. The Kier molecular flexibility index (Phi) is 4.98. The minimum absolute atomic E-state index is 0.0758. The Morgan fingerprint density at radius 2 is 2.09 bits per heavy atom. The minimum atomic E-state index is -0.925. The molecule has 2 aromatic rings. The van der Waals surface area contributed by atoms with Crippen molar-refractivity contribution in [2.24, 2.45) is 0 Å². The Bertz CT molecular complexity index is 742. The molecular formula is C16H16ClNO4. The number of fused-ring (bicyclic) bond motifs is 1. The van der Waals surface area contributed by atoms with E-state index in [0.717, 1.165) is 5.39 Å². The molecule has 2 rings (SSSR count). The molecular weight excluding hydrogens is 306 g/mol. The zero-order chi connectivity index (χ0) is 16.3. The van der Waals surface area contributed by atoms with Crippen LogP contribution in [0.1, 0.15) is 35.0 Å². The van der Waals surface area contributed by atoms with Gasteiger partial charge in [-0.25, -0.2) is 4.79 Å². The average Bonchev–Trinajstić information content (AvgIpc) is 2.43. The molecule has 1 aromatic carbocycles. The Hall–Kier alpha value is -2.14.